The Kier molecular flexibility index (Phi) is 3.89. The van der Waals surface area contributed by atoms with Crippen LogP contribution in [-0.2, 0) is 11.2 Å². The van der Waals surface area contributed by atoms with Gasteiger partial charge in [0.15, 0.2) is 0 Å². The van der Waals surface area contributed by atoms with E-state index in [-0.39, 0.29) is 12.1 Å². The molecule has 1 saturated heterocycles. The van der Waals surface area contributed by atoms with Crippen molar-refractivity contribution in [3.63, 3.8) is 0 Å². The van der Waals surface area contributed by atoms with E-state index in [4.69, 9.17) is 10.5 Å². The first-order valence-corrected chi connectivity index (χ1v) is 7.19. The third-order valence-corrected chi connectivity index (χ3v) is 4.23. The van der Waals surface area contributed by atoms with Crippen LogP contribution in [0.1, 0.15) is 17.2 Å². The Morgan fingerprint density at radius 2 is 2.00 bits per heavy atom. The average molecular weight is 275 g/mol. The van der Waals surface area contributed by atoms with Gasteiger partial charge in [-0.25, -0.2) is 4.79 Å². The van der Waals surface area contributed by atoms with Crippen molar-refractivity contribution in [2.45, 2.75) is 12.5 Å². The minimum atomic E-state index is -0.322. The lowest BCUT2D eigenvalue weighted by atomic mass is 9.92. The highest BCUT2D eigenvalue weighted by atomic mass is 16.5. The molecule has 20 heavy (non-hydrogen) atoms. The van der Waals surface area contributed by atoms with Crippen LogP contribution in [0.15, 0.2) is 24.3 Å². The van der Waals surface area contributed by atoms with Crippen LogP contribution in [0, 0.1) is 0 Å². The van der Waals surface area contributed by atoms with Crippen LogP contribution in [0.4, 0.5) is 4.79 Å². The molecule has 1 fully saturated rings. The Bertz CT molecular complexity index is 486. The number of carbonyl (C=O) groups is 1. The van der Waals surface area contributed by atoms with Gasteiger partial charge < -0.3 is 15.4 Å². The summed E-state index contributed by atoms with van der Waals surface area (Å²) in [5.74, 6) is 0. The van der Waals surface area contributed by atoms with Crippen LogP contribution in [0.2, 0.25) is 0 Å². The number of carbonyl (C=O) groups excluding carboxylic acids is 1. The second-order valence-electron chi connectivity index (χ2n) is 5.41. The summed E-state index contributed by atoms with van der Waals surface area (Å²) in [7, 11) is 0. The molecule has 1 atom stereocenters. The zero-order valence-electron chi connectivity index (χ0n) is 11.6. The van der Waals surface area contributed by atoms with Crippen LogP contribution in [0.3, 0.4) is 0 Å². The van der Waals surface area contributed by atoms with Crippen molar-refractivity contribution in [3.05, 3.63) is 35.4 Å². The molecule has 0 aromatic heterocycles. The van der Waals surface area contributed by atoms with Crippen molar-refractivity contribution in [2.75, 3.05) is 39.4 Å². The first-order valence-electron chi connectivity index (χ1n) is 7.19. The number of amides is 2. The number of nitrogens with zero attached hydrogens (tertiary/aromatic N) is 2. The third-order valence-electron chi connectivity index (χ3n) is 4.23. The number of benzene rings is 1. The molecule has 1 aromatic carbocycles. The van der Waals surface area contributed by atoms with E-state index < -0.39 is 0 Å². The van der Waals surface area contributed by atoms with Crippen LogP contribution in [0.25, 0.3) is 0 Å². The molecule has 108 valence electrons. The van der Waals surface area contributed by atoms with Crippen LogP contribution >= 0.6 is 0 Å². The molecule has 3 rings (SSSR count). The van der Waals surface area contributed by atoms with Gasteiger partial charge in [0, 0.05) is 26.2 Å². The summed E-state index contributed by atoms with van der Waals surface area (Å²) in [6.45, 7) is 4.93. The Hall–Kier alpha value is -1.59. The maximum absolute atomic E-state index is 11.7. The van der Waals surface area contributed by atoms with Gasteiger partial charge in [0.2, 0.25) is 0 Å². The topological polar surface area (TPSA) is 58.8 Å². The number of hydrogen-bond acceptors (Lipinski definition) is 3. The van der Waals surface area contributed by atoms with Gasteiger partial charge >= 0.3 is 6.03 Å². The van der Waals surface area contributed by atoms with Crippen molar-refractivity contribution in [3.8, 4) is 0 Å². The van der Waals surface area contributed by atoms with E-state index in [2.05, 4.69) is 23.1 Å². The number of ether oxygens (including phenoxy) is 1. The fraction of sp³-hybridized carbons (Fsp3) is 0.533. The molecular formula is C15H21N3O2. The first kappa shape index (κ1) is 13.4. The Balaban J connectivity index is 1.84. The molecule has 2 heterocycles. The predicted molar refractivity (Wildman–Crippen MR) is 76.4 cm³/mol. The largest absolute Gasteiger partial charge is 0.379 e. The van der Waals surface area contributed by atoms with E-state index in [1.165, 1.54) is 11.1 Å². The predicted octanol–water partition coefficient (Wildman–Crippen LogP) is 0.997. The molecule has 0 radical (unpaired) electrons. The molecule has 0 aliphatic carbocycles. The highest BCUT2D eigenvalue weighted by molar-refractivity contribution is 5.73. The molecular weight excluding hydrogens is 254 g/mol. The van der Waals surface area contributed by atoms with Crippen molar-refractivity contribution in [1.82, 2.24) is 9.80 Å². The molecule has 5 heteroatoms. The summed E-state index contributed by atoms with van der Waals surface area (Å²) in [6, 6.07) is 8.11. The highest BCUT2D eigenvalue weighted by Gasteiger charge is 2.31. The number of primary amides is 1. The highest BCUT2D eigenvalue weighted by Crippen LogP contribution is 2.30. The van der Waals surface area contributed by atoms with Gasteiger partial charge in [-0.15, -0.1) is 0 Å². The summed E-state index contributed by atoms with van der Waals surface area (Å²) in [5, 5.41) is 0. The minimum Gasteiger partial charge on any atom is -0.379 e. The molecule has 0 bridgehead atoms. The number of hydrogen-bond donors (Lipinski definition) is 1. The monoisotopic (exact) mass is 275 g/mol. The summed E-state index contributed by atoms with van der Waals surface area (Å²) in [5.41, 5.74) is 8.14. The van der Waals surface area contributed by atoms with Gasteiger partial charge in [0.25, 0.3) is 0 Å². The average Bonchev–Trinajstić information content (AvgIpc) is 2.48. The fourth-order valence-corrected chi connectivity index (χ4v) is 3.14. The van der Waals surface area contributed by atoms with Crippen LogP contribution in [0.5, 0.6) is 0 Å². The van der Waals surface area contributed by atoms with Crippen molar-refractivity contribution < 1.29 is 9.53 Å². The van der Waals surface area contributed by atoms with Crippen molar-refractivity contribution >= 4 is 6.03 Å². The third kappa shape index (κ3) is 2.64. The Morgan fingerprint density at radius 3 is 2.75 bits per heavy atom. The smallest absolute Gasteiger partial charge is 0.315 e. The molecule has 0 spiro atoms. The molecule has 5 nitrogen and oxygen atoms in total. The van der Waals surface area contributed by atoms with Crippen LogP contribution in [-0.4, -0.2) is 55.2 Å². The SMILES string of the molecule is NC(=O)N1CCc2ccccc2C1CN1CCOCC1. The molecule has 2 N–H and O–H groups in total. The van der Waals surface area contributed by atoms with Gasteiger partial charge in [0.05, 0.1) is 19.3 Å². The van der Waals surface area contributed by atoms with Gasteiger partial charge in [-0.3, -0.25) is 4.90 Å². The van der Waals surface area contributed by atoms with Gasteiger partial charge in [-0.2, -0.15) is 0 Å². The molecule has 2 aliphatic heterocycles. The van der Waals surface area contributed by atoms with E-state index in [1.807, 2.05) is 6.07 Å². The van der Waals surface area contributed by atoms with Crippen molar-refractivity contribution in [2.24, 2.45) is 5.73 Å². The second-order valence-corrected chi connectivity index (χ2v) is 5.41. The molecule has 2 amide bonds. The zero-order valence-corrected chi connectivity index (χ0v) is 11.6. The molecule has 1 unspecified atom stereocenters. The maximum Gasteiger partial charge on any atom is 0.315 e. The molecule has 2 aliphatic rings. The van der Waals surface area contributed by atoms with E-state index in [9.17, 15) is 4.79 Å². The lowest BCUT2D eigenvalue weighted by Gasteiger charge is -2.40. The zero-order chi connectivity index (χ0) is 13.9. The van der Waals surface area contributed by atoms with Gasteiger partial charge in [-0.05, 0) is 17.5 Å². The maximum atomic E-state index is 11.7. The standard InChI is InChI=1S/C15H21N3O2/c16-15(19)18-6-5-12-3-1-2-4-13(12)14(18)11-17-7-9-20-10-8-17/h1-4,14H,5-11H2,(H2,16,19). The Labute approximate surface area is 119 Å². The summed E-state index contributed by atoms with van der Waals surface area (Å²) < 4.78 is 5.39. The van der Waals surface area contributed by atoms with E-state index in [0.29, 0.717) is 6.54 Å². The van der Waals surface area contributed by atoms with E-state index in [1.54, 1.807) is 4.90 Å². The number of fused-ring (bicyclic) bond motifs is 1. The number of nitrogens with two attached hydrogens (primary N) is 1. The number of rotatable bonds is 2. The molecule has 0 saturated carbocycles. The van der Waals surface area contributed by atoms with Crippen molar-refractivity contribution in [1.29, 1.82) is 0 Å². The summed E-state index contributed by atoms with van der Waals surface area (Å²) >= 11 is 0. The summed E-state index contributed by atoms with van der Waals surface area (Å²) in [6.07, 6.45) is 0.888. The molecule has 1 aromatic rings. The lowest BCUT2D eigenvalue weighted by Crippen LogP contribution is -2.49. The van der Waals surface area contributed by atoms with Gasteiger partial charge in [-0.1, -0.05) is 24.3 Å². The normalized spacial score (nSPS) is 23.4. The van der Waals surface area contributed by atoms with E-state index in [0.717, 1.165) is 39.3 Å². The van der Waals surface area contributed by atoms with Gasteiger partial charge in [0.1, 0.15) is 0 Å². The summed E-state index contributed by atoms with van der Waals surface area (Å²) in [4.78, 5) is 15.9. The number of urea groups is 1. The Morgan fingerprint density at radius 1 is 1.25 bits per heavy atom. The first-order chi connectivity index (χ1) is 9.75. The number of morpholine rings is 1. The lowest BCUT2D eigenvalue weighted by molar-refractivity contribution is 0.0253. The minimum absolute atomic E-state index is 0.0653. The van der Waals surface area contributed by atoms with E-state index >= 15 is 0 Å². The quantitative estimate of drug-likeness (QED) is 0.876. The second kappa shape index (κ2) is 5.81. The fourth-order valence-electron chi connectivity index (χ4n) is 3.14. The van der Waals surface area contributed by atoms with Crippen LogP contribution < -0.4 is 5.73 Å².